The van der Waals surface area contributed by atoms with E-state index in [4.69, 9.17) is 0 Å². The van der Waals surface area contributed by atoms with Crippen molar-refractivity contribution in [1.82, 2.24) is 0 Å². The van der Waals surface area contributed by atoms with Gasteiger partial charge in [-0.3, -0.25) is 9.59 Å². The van der Waals surface area contributed by atoms with Gasteiger partial charge in [0, 0.05) is 59.1 Å². The van der Waals surface area contributed by atoms with Gasteiger partial charge in [0.25, 0.3) is 0 Å². The molecule has 6 aromatic carbocycles. The molecule has 0 saturated carbocycles. The van der Waals surface area contributed by atoms with Crippen molar-refractivity contribution in [3.8, 4) is 11.1 Å². The van der Waals surface area contributed by atoms with E-state index in [1.54, 1.807) is 0 Å². The first-order valence-corrected chi connectivity index (χ1v) is 17.6. The number of Topliss-reactive ketones (excluding diaryl/α,β-unsaturated/α-hetero) is 2. The van der Waals surface area contributed by atoms with Crippen LogP contribution in [0.25, 0.3) is 22.3 Å². The van der Waals surface area contributed by atoms with Crippen molar-refractivity contribution < 1.29 is 9.59 Å². The second-order valence-corrected chi connectivity index (χ2v) is 13.2. The Morgan fingerprint density at radius 2 is 1.04 bits per heavy atom. The minimum Gasteiger partial charge on any atom is -0.347 e. The fraction of sp³-hybridized carbons (Fsp3) is 0.106. The minimum absolute atomic E-state index is 0.00247. The molecule has 4 heteroatoms. The zero-order chi connectivity index (χ0) is 34.7. The third-order valence-electron chi connectivity index (χ3n) is 10.0. The molecule has 0 aliphatic carbocycles. The van der Waals surface area contributed by atoms with Crippen LogP contribution in [0.3, 0.4) is 0 Å². The third-order valence-corrected chi connectivity index (χ3v) is 10.0. The van der Waals surface area contributed by atoms with E-state index in [0.717, 1.165) is 65.1 Å². The average Bonchev–Trinajstić information content (AvgIpc) is 3.80. The molecule has 0 spiro atoms. The summed E-state index contributed by atoms with van der Waals surface area (Å²) >= 11 is 0. The number of anilines is 2. The van der Waals surface area contributed by atoms with E-state index in [1.165, 1.54) is 11.1 Å². The van der Waals surface area contributed by atoms with E-state index in [2.05, 4.69) is 76.5 Å². The Morgan fingerprint density at radius 3 is 1.69 bits per heavy atom. The molecule has 0 N–H and O–H groups in total. The highest BCUT2D eigenvalue weighted by Gasteiger charge is 2.24. The van der Waals surface area contributed by atoms with E-state index in [1.807, 2.05) is 104 Å². The molecule has 0 saturated heterocycles. The topological polar surface area (TPSA) is 40.6 Å². The van der Waals surface area contributed by atoms with Crippen LogP contribution in [-0.4, -0.2) is 24.7 Å². The number of allylic oxidation sites excluding steroid dienone is 2. The van der Waals surface area contributed by atoms with Crippen LogP contribution in [0.4, 0.5) is 11.4 Å². The molecule has 2 heterocycles. The highest BCUT2D eigenvalue weighted by molar-refractivity contribution is 6.30. The van der Waals surface area contributed by atoms with Gasteiger partial charge in [0.15, 0.2) is 11.6 Å². The molecule has 0 unspecified atom stereocenters. The van der Waals surface area contributed by atoms with Gasteiger partial charge in [-0.2, -0.15) is 0 Å². The molecule has 51 heavy (non-hydrogen) atoms. The number of rotatable bonds is 9. The molecule has 2 aliphatic rings. The normalized spacial score (nSPS) is 14.0. The molecule has 4 nitrogen and oxygen atoms in total. The summed E-state index contributed by atoms with van der Waals surface area (Å²) in [7, 11) is 0. The number of benzene rings is 6. The van der Waals surface area contributed by atoms with Crippen molar-refractivity contribution in [2.75, 3.05) is 22.9 Å². The lowest BCUT2D eigenvalue weighted by atomic mass is 9.91. The summed E-state index contributed by atoms with van der Waals surface area (Å²) < 4.78 is 0. The van der Waals surface area contributed by atoms with Crippen LogP contribution in [0.2, 0.25) is 0 Å². The highest BCUT2D eigenvalue weighted by Crippen LogP contribution is 2.34. The Labute approximate surface area is 299 Å². The van der Waals surface area contributed by atoms with Crippen LogP contribution in [0.15, 0.2) is 164 Å². The van der Waals surface area contributed by atoms with Gasteiger partial charge >= 0.3 is 0 Å². The van der Waals surface area contributed by atoms with Crippen LogP contribution in [0, 0.1) is 6.92 Å². The minimum atomic E-state index is -0.0114. The highest BCUT2D eigenvalue weighted by atomic mass is 16.1. The Balaban J connectivity index is 1.16. The first-order chi connectivity index (χ1) is 25.0. The van der Waals surface area contributed by atoms with Crippen LogP contribution >= 0.6 is 0 Å². The molecule has 0 bridgehead atoms. The maximum absolute atomic E-state index is 14.3. The molecular weight excluding hydrogens is 625 g/mol. The predicted molar refractivity (Wildman–Crippen MR) is 209 cm³/mol. The van der Waals surface area contributed by atoms with Crippen LogP contribution in [-0.2, 0) is 12.8 Å². The number of hydrogen-bond acceptors (Lipinski definition) is 4. The number of fused-ring (bicyclic) bond motifs is 2. The van der Waals surface area contributed by atoms with Gasteiger partial charge in [-0.1, -0.05) is 133 Å². The number of para-hydroxylation sites is 2. The zero-order valence-corrected chi connectivity index (χ0v) is 28.6. The molecule has 0 fully saturated rings. The van der Waals surface area contributed by atoms with E-state index >= 15 is 0 Å². The van der Waals surface area contributed by atoms with Gasteiger partial charge in [0.2, 0.25) is 0 Å². The van der Waals surface area contributed by atoms with Crippen molar-refractivity contribution in [1.29, 1.82) is 0 Å². The first kappa shape index (κ1) is 32.0. The number of hydrogen-bond donors (Lipinski definition) is 0. The molecule has 0 radical (unpaired) electrons. The standard InChI is InChI=1S/C47H38N2O2/c1-33-12-5-8-19-41(33)47(51)43(32-49-29-27-37-14-7-10-21-45(37)49)40-18-11-17-39(30-40)34-22-24-35(25-23-34)42(46(50)38-15-3-2-4-16-38)31-48-28-26-36-13-6-9-20-44(36)48/h2-25,30-32H,26-29H2,1H3/b42-31+,43-32+. The van der Waals surface area contributed by atoms with E-state index in [0.29, 0.717) is 22.3 Å². The van der Waals surface area contributed by atoms with Gasteiger partial charge in [-0.25, -0.2) is 0 Å². The molecular formula is C47H38N2O2. The Kier molecular flexibility index (Phi) is 8.73. The van der Waals surface area contributed by atoms with Crippen LogP contribution in [0.1, 0.15) is 48.5 Å². The quantitative estimate of drug-likeness (QED) is 0.114. The lowest BCUT2D eigenvalue weighted by molar-refractivity contribution is 0.104. The fourth-order valence-corrected chi connectivity index (χ4v) is 7.26. The summed E-state index contributed by atoms with van der Waals surface area (Å²) in [4.78, 5) is 32.7. The summed E-state index contributed by atoms with van der Waals surface area (Å²) in [5.74, 6) is -0.00891. The van der Waals surface area contributed by atoms with Crippen LogP contribution in [0.5, 0.6) is 0 Å². The monoisotopic (exact) mass is 662 g/mol. The molecule has 2 aliphatic heterocycles. The molecule has 0 atom stereocenters. The summed E-state index contributed by atoms with van der Waals surface area (Å²) in [6.45, 7) is 3.64. The predicted octanol–water partition coefficient (Wildman–Crippen LogP) is 10.2. The van der Waals surface area contributed by atoms with E-state index in [-0.39, 0.29) is 11.6 Å². The van der Waals surface area contributed by atoms with Crippen LogP contribution < -0.4 is 9.80 Å². The molecule has 248 valence electrons. The summed E-state index contributed by atoms with van der Waals surface area (Å²) in [6.07, 6.45) is 5.94. The van der Waals surface area contributed by atoms with Gasteiger partial charge in [0.05, 0.1) is 0 Å². The Bertz CT molecular complexity index is 2320. The summed E-state index contributed by atoms with van der Waals surface area (Å²) in [5.41, 5.74) is 12.2. The Morgan fingerprint density at radius 1 is 0.490 bits per heavy atom. The van der Waals surface area contributed by atoms with Gasteiger partial charge in [-0.15, -0.1) is 0 Å². The van der Waals surface area contributed by atoms with E-state index < -0.39 is 0 Å². The number of carbonyl (C=O) groups excluding carboxylic acids is 2. The van der Waals surface area contributed by atoms with Crippen molar-refractivity contribution >= 4 is 34.1 Å². The molecule has 6 aromatic rings. The number of ketones is 2. The molecule has 8 rings (SSSR count). The Hall–Kier alpha value is -6.26. The van der Waals surface area contributed by atoms with Gasteiger partial charge < -0.3 is 9.80 Å². The second-order valence-electron chi connectivity index (χ2n) is 13.2. The lowest BCUT2D eigenvalue weighted by Gasteiger charge is -2.18. The largest absolute Gasteiger partial charge is 0.347 e. The number of nitrogens with zero attached hydrogens (tertiary/aromatic N) is 2. The first-order valence-electron chi connectivity index (χ1n) is 17.6. The number of aryl methyl sites for hydroxylation is 1. The summed E-state index contributed by atoms with van der Waals surface area (Å²) in [6, 6.07) is 50.5. The average molecular weight is 663 g/mol. The van der Waals surface area contributed by atoms with Crippen molar-refractivity contribution in [3.05, 3.63) is 203 Å². The van der Waals surface area contributed by atoms with Crippen molar-refractivity contribution in [3.63, 3.8) is 0 Å². The third kappa shape index (κ3) is 6.44. The van der Waals surface area contributed by atoms with Gasteiger partial charge in [0.1, 0.15) is 0 Å². The SMILES string of the molecule is Cc1ccccc1C(=O)/C(=C/N1CCc2ccccc21)c1cccc(-c2ccc(/C(=C\N3CCc4ccccc43)C(=O)c3ccccc3)cc2)c1. The maximum atomic E-state index is 14.3. The summed E-state index contributed by atoms with van der Waals surface area (Å²) in [5, 5.41) is 0. The second kappa shape index (κ2) is 13.9. The smallest absolute Gasteiger partial charge is 0.195 e. The maximum Gasteiger partial charge on any atom is 0.195 e. The van der Waals surface area contributed by atoms with Gasteiger partial charge in [-0.05, 0) is 76.9 Å². The molecule has 0 aromatic heterocycles. The number of carbonyl (C=O) groups is 2. The van der Waals surface area contributed by atoms with Crippen molar-refractivity contribution in [2.24, 2.45) is 0 Å². The van der Waals surface area contributed by atoms with Crippen molar-refractivity contribution in [2.45, 2.75) is 19.8 Å². The molecule has 0 amide bonds. The lowest BCUT2D eigenvalue weighted by Crippen LogP contribution is -2.16. The van der Waals surface area contributed by atoms with E-state index in [9.17, 15) is 9.59 Å². The zero-order valence-electron chi connectivity index (χ0n) is 28.6. The fourth-order valence-electron chi connectivity index (χ4n) is 7.26.